The highest BCUT2D eigenvalue weighted by atomic mass is 32.2. The number of fused-ring (bicyclic) bond motifs is 1. The molecular weight excluding hydrogens is 334 g/mol. The Hall–Kier alpha value is -2.15. The van der Waals surface area contributed by atoms with E-state index in [0.29, 0.717) is 28.9 Å². The van der Waals surface area contributed by atoms with E-state index in [2.05, 4.69) is 24.7 Å². The van der Waals surface area contributed by atoms with Crippen LogP contribution in [-0.2, 0) is 5.75 Å². The summed E-state index contributed by atoms with van der Waals surface area (Å²) >= 11 is 1.61. The number of hydrogen-bond acceptors (Lipinski definition) is 5. The Morgan fingerprint density at radius 1 is 1.24 bits per heavy atom. The number of aryl methyl sites for hydroxylation is 1. The number of aromatic nitrogens is 5. The van der Waals surface area contributed by atoms with Crippen LogP contribution in [-0.4, -0.2) is 24.7 Å². The summed E-state index contributed by atoms with van der Waals surface area (Å²) in [5.74, 6) is 3.04. The summed E-state index contributed by atoms with van der Waals surface area (Å²) < 4.78 is 2.33. The predicted molar refractivity (Wildman–Crippen MR) is 96.9 cm³/mol. The largest absolute Gasteiger partial charge is 0.309 e. The molecule has 3 aromatic rings. The van der Waals surface area contributed by atoms with Gasteiger partial charge in [0, 0.05) is 12.0 Å². The van der Waals surface area contributed by atoms with Crippen LogP contribution in [0.2, 0.25) is 0 Å². The van der Waals surface area contributed by atoms with Crippen molar-refractivity contribution in [1.29, 1.82) is 0 Å². The van der Waals surface area contributed by atoms with Crippen molar-refractivity contribution >= 4 is 22.7 Å². The van der Waals surface area contributed by atoms with Gasteiger partial charge in [0.2, 0.25) is 0 Å². The highest BCUT2D eigenvalue weighted by Crippen LogP contribution is 2.46. The van der Waals surface area contributed by atoms with Crippen LogP contribution in [0.3, 0.4) is 0 Å². The molecule has 2 saturated carbocycles. The zero-order valence-corrected chi connectivity index (χ0v) is 14.8. The van der Waals surface area contributed by atoms with Crippen molar-refractivity contribution < 1.29 is 0 Å². The number of H-pyrrole nitrogens is 1. The highest BCUT2D eigenvalue weighted by Gasteiger charge is 2.36. The number of nitrogens with zero attached hydrogens (tertiary/aromatic N) is 4. The highest BCUT2D eigenvalue weighted by molar-refractivity contribution is 7.98. The Bertz CT molecular complexity index is 1020. The first-order valence-electron chi connectivity index (χ1n) is 8.77. The molecule has 1 aromatic carbocycles. The van der Waals surface area contributed by atoms with E-state index in [1.807, 2.05) is 25.1 Å². The van der Waals surface area contributed by atoms with E-state index >= 15 is 0 Å². The molecule has 0 bridgehead atoms. The van der Waals surface area contributed by atoms with Gasteiger partial charge < -0.3 is 9.55 Å². The molecule has 0 spiro atoms. The normalized spacial score (nSPS) is 17.3. The monoisotopic (exact) mass is 353 g/mol. The maximum absolute atomic E-state index is 12.3. The van der Waals surface area contributed by atoms with Gasteiger partial charge in [-0.1, -0.05) is 23.9 Å². The number of hydrogen-bond donors (Lipinski definition) is 1. The topological polar surface area (TPSA) is 76.5 Å². The SMILES string of the molecule is Cc1cccc2c(=O)[nH]c(CSc3nnc(C4CC4)n3C3CC3)nc12. The van der Waals surface area contributed by atoms with Gasteiger partial charge in [-0.25, -0.2) is 4.98 Å². The van der Waals surface area contributed by atoms with E-state index in [1.54, 1.807) is 11.8 Å². The average Bonchev–Trinajstić information content (AvgIpc) is 3.53. The van der Waals surface area contributed by atoms with Crippen molar-refractivity contribution in [3.8, 4) is 0 Å². The number of para-hydroxylation sites is 1. The standard InChI is InChI=1S/C18H19N5OS/c1-10-3-2-4-13-15(10)19-14(20-17(13)24)9-25-18-22-21-16(11-5-6-11)23(18)12-7-8-12/h2-4,11-12H,5-9H2,1H3,(H,19,20,24). The molecule has 128 valence electrons. The van der Waals surface area contributed by atoms with Crippen LogP contribution >= 0.6 is 11.8 Å². The van der Waals surface area contributed by atoms with E-state index in [-0.39, 0.29) is 5.56 Å². The zero-order valence-electron chi connectivity index (χ0n) is 14.0. The maximum atomic E-state index is 12.3. The zero-order chi connectivity index (χ0) is 17.0. The molecule has 0 atom stereocenters. The van der Waals surface area contributed by atoms with Crippen molar-refractivity contribution in [2.75, 3.05) is 0 Å². The minimum Gasteiger partial charge on any atom is -0.309 e. The molecule has 0 radical (unpaired) electrons. The number of rotatable bonds is 5. The molecular formula is C18H19N5OS. The van der Waals surface area contributed by atoms with Crippen LogP contribution in [0.4, 0.5) is 0 Å². The molecule has 7 heteroatoms. The van der Waals surface area contributed by atoms with Gasteiger partial charge in [0.15, 0.2) is 5.16 Å². The molecule has 2 heterocycles. The predicted octanol–water partition coefficient (Wildman–Crippen LogP) is 3.33. The van der Waals surface area contributed by atoms with E-state index in [1.165, 1.54) is 25.7 Å². The lowest BCUT2D eigenvalue weighted by Crippen LogP contribution is -2.12. The van der Waals surface area contributed by atoms with Crippen molar-refractivity contribution in [2.45, 2.75) is 55.5 Å². The number of aromatic amines is 1. The fraction of sp³-hybridized carbons (Fsp3) is 0.444. The van der Waals surface area contributed by atoms with E-state index < -0.39 is 0 Å². The maximum Gasteiger partial charge on any atom is 0.258 e. The van der Waals surface area contributed by atoms with Crippen LogP contribution in [0.25, 0.3) is 10.9 Å². The second-order valence-electron chi connectivity index (χ2n) is 6.99. The summed E-state index contributed by atoms with van der Waals surface area (Å²) in [6, 6.07) is 6.26. The van der Waals surface area contributed by atoms with E-state index in [4.69, 9.17) is 0 Å². The molecule has 6 nitrogen and oxygen atoms in total. The lowest BCUT2D eigenvalue weighted by atomic mass is 10.1. The molecule has 0 aliphatic heterocycles. The Kier molecular flexibility index (Phi) is 3.45. The van der Waals surface area contributed by atoms with Gasteiger partial charge in [0.25, 0.3) is 5.56 Å². The van der Waals surface area contributed by atoms with Crippen molar-refractivity contribution in [3.63, 3.8) is 0 Å². The van der Waals surface area contributed by atoms with Gasteiger partial charge in [-0.2, -0.15) is 0 Å². The Morgan fingerprint density at radius 2 is 2.08 bits per heavy atom. The molecule has 0 amide bonds. The summed E-state index contributed by atoms with van der Waals surface area (Å²) in [6.07, 6.45) is 4.90. The van der Waals surface area contributed by atoms with Gasteiger partial charge in [-0.3, -0.25) is 4.79 Å². The quantitative estimate of drug-likeness (QED) is 0.712. The second-order valence-corrected chi connectivity index (χ2v) is 7.93. The van der Waals surface area contributed by atoms with Crippen LogP contribution < -0.4 is 5.56 Å². The third-order valence-electron chi connectivity index (χ3n) is 4.87. The minimum atomic E-state index is -0.0772. The Labute approximate surface area is 149 Å². The number of benzene rings is 1. The first-order valence-corrected chi connectivity index (χ1v) is 9.75. The lowest BCUT2D eigenvalue weighted by molar-refractivity contribution is 0.626. The third-order valence-corrected chi connectivity index (χ3v) is 5.82. The van der Waals surface area contributed by atoms with Crippen LogP contribution in [0.5, 0.6) is 0 Å². The molecule has 2 fully saturated rings. The molecule has 2 aromatic heterocycles. The molecule has 5 rings (SSSR count). The Morgan fingerprint density at radius 3 is 2.84 bits per heavy atom. The van der Waals surface area contributed by atoms with Crippen molar-refractivity contribution in [2.24, 2.45) is 0 Å². The van der Waals surface area contributed by atoms with Crippen molar-refractivity contribution in [3.05, 3.63) is 45.8 Å². The summed E-state index contributed by atoms with van der Waals surface area (Å²) in [5, 5.41) is 10.4. The average molecular weight is 353 g/mol. The molecule has 25 heavy (non-hydrogen) atoms. The molecule has 2 aliphatic carbocycles. The molecule has 0 unspecified atom stereocenters. The first kappa shape index (κ1) is 15.1. The number of nitrogens with one attached hydrogen (secondary N) is 1. The number of thioether (sulfide) groups is 1. The fourth-order valence-electron chi connectivity index (χ4n) is 3.24. The lowest BCUT2D eigenvalue weighted by Gasteiger charge is -2.08. The molecule has 2 aliphatic rings. The Balaban J connectivity index is 1.44. The minimum absolute atomic E-state index is 0.0772. The second kappa shape index (κ2) is 5.69. The van der Waals surface area contributed by atoms with Crippen LogP contribution in [0.1, 0.15) is 54.9 Å². The molecule has 0 saturated heterocycles. The van der Waals surface area contributed by atoms with Crippen molar-refractivity contribution in [1.82, 2.24) is 24.7 Å². The summed E-state index contributed by atoms with van der Waals surface area (Å²) in [7, 11) is 0. The first-order chi connectivity index (χ1) is 12.2. The third kappa shape index (κ3) is 2.76. The summed E-state index contributed by atoms with van der Waals surface area (Å²) in [6.45, 7) is 1.98. The van der Waals surface area contributed by atoms with Crippen LogP contribution in [0.15, 0.2) is 28.2 Å². The fourth-order valence-corrected chi connectivity index (χ4v) is 4.12. The smallest absolute Gasteiger partial charge is 0.258 e. The van der Waals surface area contributed by atoms with Crippen LogP contribution in [0, 0.1) is 6.92 Å². The summed E-state index contributed by atoms with van der Waals surface area (Å²) in [5.41, 5.74) is 1.72. The van der Waals surface area contributed by atoms with E-state index in [9.17, 15) is 4.79 Å². The van der Waals surface area contributed by atoms with Gasteiger partial charge in [0.1, 0.15) is 11.6 Å². The molecule has 1 N–H and O–H groups in total. The van der Waals surface area contributed by atoms with Gasteiger partial charge in [0.05, 0.1) is 16.7 Å². The van der Waals surface area contributed by atoms with E-state index in [0.717, 1.165) is 22.1 Å². The van der Waals surface area contributed by atoms with Gasteiger partial charge in [-0.05, 0) is 44.2 Å². The van der Waals surface area contributed by atoms with Gasteiger partial charge in [-0.15, -0.1) is 10.2 Å². The van der Waals surface area contributed by atoms with Gasteiger partial charge >= 0.3 is 0 Å². The summed E-state index contributed by atoms with van der Waals surface area (Å²) in [4.78, 5) is 19.9.